The van der Waals surface area contributed by atoms with Crippen molar-refractivity contribution >= 4 is 38.5 Å². The molecule has 1 saturated carbocycles. The highest BCUT2D eigenvalue weighted by atomic mass is 127. The lowest BCUT2D eigenvalue weighted by molar-refractivity contribution is 0.325. The van der Waals surface area contributed by atoms with E-state index in [1.807, 2.05) is 0 Å². The molecule has 1 aromatic carbocycles. The van der Waals surface area contributed by atoms with Gasteiger partial charge in [-0.1, -0.05) is 75.3 Å². The maximum absolute atomic E-state index is 4.01. The first kappa shape index (κ1) is 16.8. The number of hydrogen-bond acceptors (Lipinski definition) is 1. The van der Waals surface area contributed by atoms with Gasteiger partial charge in [0.05, 0.1) is 4.32 Å². The fraction of sp³-hybridized carbons (Fsp3) is 0.647. The SMILES string of the molecule is BrC1(c2ccccc2)CCC(NCCCCCI)CC1. The predicted molar refractivity (Wildman–Crippen MR) is 100 cm³/mol. The minimum atomic E-state index is 0.216. The van der Waals surface area contributed by atoms with E-state index in [-0.39, 0.29) is 4.32 Å². The molecule has 1 nitrogen and oxygen atoms in total. The van der Waals surface area contributed by atoms with Crippen molar-refractivity contribution in [3.63, 3.8) is 0 Å². The molecule has 0 saturated heterocycles. The molecule has 1 aliphatic carbocycles. The first-order valence-corrected chi connectivity index (χ1v) is 10.1. The first-order chi connectivity index (χ1) is 9.74. The number of halogens is 2. The van der Waals surface area contributed by atoms with Crippen LogP contribution in [0.1, 0.15) is 50.5 Å². The van der Waals surface area contributed by atoms with Gasteiger partial charge in [-0.2, -0.15) is 0 Å². The second-order valence-electron chi connectivity index (χ2n) is 5.81. The standard InChI is InChI=1S/C17H25BrIN/c18-17(15-7-3-1-4-8-15)11-9-16(10-12-17)20-14-6-2-5-13-19/h1,3-4,7-8,16,20H,2,5-6,9-14H2. The van der Waals surface area contributed by atoms with Gasteiger partial charge in [-0.3, -0.25) is 0 Å². The Hall–Kier alpha value is 0.390. The van der Waals surface area contributed by atoms with E-state index in [2.05, 4.69) is 74.2 Å². The van der Waals surface area contributed by atoms with Gasteiger partial charge in [0.25, 0.3) is 0 Å². The van der Waals surface area contributed by atoms with E-state index in [1.165, 1.54) is 61.5 Å². The van der Waals surface area contributed by atoms with Crippen LogP contribution in [-0.2, 0) is 4.32 Å². The molecule has 0 heterocycles. The second-order valence-corrected chi connectivity index (χ2v) is 8.41. The largest absolute Gasteiger partial charge is 0.314 e. The van der Waals surface area contributed by atoms with Gasteiger partial charge in [0, 0.05) is 6.04 Å². The van der Waals surface area contributed by atoms with Crippen molar-refractivity contribution in [3.8, 4) is 0 Å². The van der Waals surface area contributed by atoms with Crippen LogP contribution in [0, 0.1) is 0 Å². The summed E-state index contributed by atoms with van der Waals surface area (Å²) < 4.78 is 1.51. The van der Waals surface area contributed by atoms with Gasteiger partial charge >= 0.3 is 0 Å². The third kappa shape index (κ3) is 4.99. The van der Waals surface area contributed by atoms with Crippen molar-refractivity contribution in [3.05, 3.63) is 35.9 Å². The molecular formula is C17H25BrIN. The Labute approximate surface area is 145 Å². The molecule has 112 valence electrons. The molecule has 1 aromatic rings. The van der Waals surface area contributed by atoms with Crippen molar-refractivity contribution in [1.82, 2.24) is 5.32 Å². The molecule has 20 heavy (non-hydrogen) atoms. The molecule has 1 fully saturated rings. The molecule has 0 spiro atoms. The monoisotopic (exact) mass is 449 g/mol. The topological polar surface area (TPSA) is 12.0 Å². The Morgan fingerprint density at radius 2 is 1.80 bits per heavy atom. The van der Waals surface area contributed by atoms with E-state index in [1.54, 1.807) is 0 Å². The average molecular weight is 450 g/mol. The van der Waals surface area contributed by atoms with Crippen LogP contribution in [0.2, 0.25) is 0 Å². The number of nitrogens with one attached hydrogen (secondary N) is 1. The minimum absolute atomic E-state index is 0.216. The first-order valence-electron chi connectivity index (χ1n) is 7.78. The lowest BCUT2D eigenvalue weighted by atomic mass is 9.81. The van der Waals surface area contributed by atoms with Crippen LogP contribution in [0.15, 0.2) is 30.3 Å². The summed E-state index contributed by atoms with van der Waals surface area (Å²) in [7, 11) is 0. The van der Waals surface area contributed by atoms with Crippen molar-refractivity contribution < 1.29 is 0 Å². The Bertz CT molecular complexity index is 374. The number of hydrogen-bond donors (Lipinski definition) is 1. The molecule has 1 aliphatic rings. The molecule has 0 amide bonds. The van der Waals surface area contributed by atoms with Gasteiger partial charge in [-0.25, -0.2) is 0 Å². The summed E-state index contributed by atoms with van der Waals surface area (Å²) in [5.41, 5.74) is 1.44. The highest BCUT2D eigenvalue weighted by Crippen LogP contribution is 2.44. The van der Waals surface area contributed by atoms with Crippen molar-refractivity contribution in [2.45, 2.75) is 55.3 Å². The molecule has 3 heteroatoms. The quantitative estimate of drug-likeness (QED) is 0.333. The van der Waals surface area contributed by atoms with E-state index < -0.39 is 0 Å². The van der Waals surface area contributed by atoms with Gasteiger partial charge in [-0.05, 0) is 55.1 Å². The number of benzene rings is 1. The molecule has 0 aromatic heterocycles. The normalized spacial score (nSPS) is 26.6. The van der Waals surface area contributed by atoms with Crippen molar-refractivity contribution in [1.29, 1.82) is 0 Å². The zero-order valence-corrected chi connectivity index (χ0v) is 15.8. The van der Waals surface area contributed by atoms with Crippen LogP contribution in [0.4, 0.5) is 0 Å². The molecule has 0 unspecified atom stereocenters. The van der Waals surface area contributed by atoms with Gasteiger partial charge in [-0.15, -0.1) is 0 Å². The average Bonchev–Trinajstić information content (AvgIpc) is 2.50. The smallest absolute Gasteiger partial charge is 0.0507 e. The number of rotatable bonds is 7. The highest BCUT2D eigenvalue weighted by molar-refractivity contribution is 14.1. The lowest BCUT2D eigenvalue weighted by Crippen LogP contribution is -2.37. The summed E-state index contributed by atoms with van der Waals surface area (Å²) >= 11 is 6.47. The van der Waals surface area contributed by atoms with E-state index in [0.717, 1.165) is 6.04 Å². The summed E-state index contributed by atoms with van der Waals surface area (Å²) in [6.07, 6.45) is 9.11. The van der Waals surface area contributed by atoms with Crippen LogP contribution in [-0.4, -0.2) is 17.0 Å². The third-order valence-electron chi connectivity index (χ3n) is 4.31. The Morgan fingerprint density at radius 1 is 1.10 bits per heavy atom. The highest BCUT2D eigenvalue weighted by Gasteiger charge is 2.33. The van der Waals surface area contributed by atoms with Crippen molar-refractivity contribution in [2.75, 3.05) is 11.0 Å². The third-order valence-corrected chi connectivity index (χ3v) is 6.33. The molecule has 0 bridgehead atoms. The summed E-state index contributed by atoms with van der Waals surface area (Å²) in [6.45, 7) is 1.20. The molecule has 1 N–H and O–H groups in total. The predicted octanol–water partition coefficient (Wildman–Crippen LogP) is 5.41. The fourth-order valence-electron chi connectivity index (χ4n) is 3.01. The Kier molecular flexibility index (Phi) is 7.32. The van der Waals surface area contributed by atoms with E-state index >= 15 is 0 Å². The van der Waals surface area contributed by atoms with Crippen LogP contribution < -0.4 is 5.32 Å². The van der Waals surface area contributed by atoms with Gasteiger partial charge in [0.2, 0.25) is 0 Å². The van der Waals surface area contributed by atoms with Crippen LogP contribution in [0.25, 0.3) is 0 Å². The van der Waals surface area contributed by atoms with Crippen LogP contribution in [0.3, 0.4) is 0 Å². The minimum Gasteiger partial charge on any atom is -0.314 e. The summed E-state index contributed by atoms with van der Waals surface area (Å²) in [5.74, 6) is 0. The summed E-state index contributed by atoms with van der Waals surface area (Å²) in [5, 5.41) is 3.75. The van der Waals surface area contributed by atoms with E-state index in [0.29, 0.717) is 0 Å². The Morgan fingerprint density at radius 3 is 2.45 bits per heavy atom. The number of alkyl halides is 2. The zero-order chi connectivity index (χ0) is 14.3. The molecule has 0 atom stereocenters. The van der Waals surface area contributed by atoms with Gasteiger partial charge in [0.15, 0.2) is 0 Å². The van der Waals surface area contributed by atoms with E-state index in [9.17, 15) is 0 Å². The molecular weight excluding hydrogens is 425 g/mol. The molecule has 2 rings (SSSR count). The second kappa shape index (κ2) is 8.74. The Balaban J connectivity index is 1.72. The lowest BCUT2D eigenvalue weighted by Gasteiger charge is -2.36. The van der Waals surface area contributed by atoms with Crippen molar-refractivity contribution in [2.24, 2.45) is 0 Å². The summed E-state index contributed by atoms with van der Waals surface area (Å²) in [4.78, 5) is 0. The number of unbranched alkanes of at least 4 members (excludes halogenated alkanes) is 2. The van der Waals surface area contributed by atoms with E-state index in [4.69, 9.17) is 0 Å². The maximum Gasteiger partial charge on any atom is 0.0507 e. The van der Waals surface area contributed by atoms with Gasteiger partial charge in [0.1, 0.15) is 0 Å². The maximum atomic E-state index is 4.01. The fourth-order valence-corrected chi connectivity index (χ4v) is 4.27. The summed E-state index contributed by atoms with van der Waals surface area (Å²) in [6, 6.07) is 11.6. The van der Waals surface area contributed by atoms with Crippen LogP contribution in [0.5, 0.6) is 0 Å². The molecule has 0 aliphatic heterocycles. The zero-order valence-electron chi connectivity index (χ0n) is 12.1. The van der Waals surface area contributed by atoms with Crippen LogP contribution >= 0.6 is 38.5 Å². The van der Waals surface area contributed by atoms with Gasteiger partial charge < -0.3 is 5.32 Å². The molecule has 0 radical (unpaired) electrons.